The van der Waals surface area contributed by atoms with Crippen molar-refractivity contribution in [3.8, 4) is 22.7 Å². The Labute approximate surface area is 149 Å². The Hall–Kier alpha value is -3.62. The lowest BCUT2D eigenvalue weighted by Crippen LogP contribution is -2.17. The van der Waals surface area contributed by atoms with E-state index in [0.717, 1.165) is 0 Å². The van der Waals surface area contributed by atoms with Gasteiger partial charge in [0.25, 0.3) is 0 Å². The fourth-order valence-corrected chi connectivity index (χ4v) is 2.72. The van der Waals surface area contributed by atoms with Crippen LogP contribution in [-0.4, -0.2) is 26.1 Å². The molecule has 4 aromatic rings. The van der Waals surface area contributed by atoms with E-state index in [1.165, 1.54) is 36.5 Å². The van der Waals surface area contributed by atoms with Crippen LogP contribution in [0, 0.1) is 0 Å². The molecule has 0 radical (unpaired) electrons. The molecule has 0 saturated carbocycles. The van der Waals surface area contributed by atoms with Crippen LogP contribution in [0.2, 0.25) is 0 Å². The Morgan fingerprint density at radius 1 is 1.07 bits per heavy atom. The standard InChI is InChI=1S/C18H11F3N4O2/c19-18(20,21)27-13-5-3-12(4-6-13)25-14-2-1-8-23-17(14)16(24-25)11-7-9-22-15(26)10-11/h1-10H,(H,22,26). The molecule has 0 unspecified atom stereocenters. The van der Waals surface area contributed by atoms with Crippen molar-refractivity contribution in [2.24, 2.45) is 0 Å². The van der Waals surface area contributed by atoms with Gasteiger partial charge in [0.15, 0.2) is 0 Å². The van der Waals surface area contributed by atoms with Crippen LogP contribution in [0.25, 0.3) is 28.0 Å². The van der Waals surface area contributed by atoms with Gasteiger partial charge in [-0.1, -0.05) is 0 Å². The highest BCUT2D eigenvalue weighted by atomic mass is 19.4. The maximum atomic E-state index is 12.3. The maximum absolute atomic E-state index is 12.3. The number of alkyl halides is 3. The molecule has 0 bridgehead atoms. The number of hydrogen-bond acceptors (Lipinski definition) is 4. The summed E-state index contributed by atoms with van der Waals surface area (Å²) < 4.78 is 42.4. The third-order valence-corrected chi connectivity index (χ3v) is 3.80. The molecule has 3 aromatic heterocycles. The number of ether oxygens (including phenoxy) is 1. The second kappa shape index (κ2) is 6.27. The Balaban J connectivity index is 1.82. The summed E-state index contributed by atoms with van der Waals surface area (Å²) in [5.41, 5.74) is 2.54. The van der Waals surface area contributed by atoms with E-state index in [1.54, 1.807) is 29.1 Å². The summed E-state index contributed by atoms with van der Waals surface area (Å²) in [6.07, 6.45) is -1.64. The van der Waals surface area contributed by atoms with Crippen LogP contribution >= 0.6 is 0 Å². The van der Waals surface area contributed by atoms with Crippen molar-refractivity contribution in [3.63, 3.8) is 0 Å². The molecule has 136 valence electrons. The van der Waals surface area contributed by atoms with Crippen LogP contribution in [0.5, 0.6) is 5.75 Å². The van der Waals surface area contributed by atoms with Crippen molar-refractivity contribution in [1.29, 1.82) is 0 Å². The summed E-state index contributed by atoms with van der Waals surface area (Å²) in [5.74, 6) is -0.323. The highest BCUT2D eigenvalue weighted by molar-refractivity contribution is 5.90. The molecule has 0 saturated heterocycles. The normalized spacial score (nSPS) is 11.7. The number of hydrogen-bond donors (Lipinski definition) is 1. The third-order valence-electron chi connectivity index (χ3n) is 3.80. The number of fused-ring (bicyclic) bond motifs is 1. The summed E-state index contributed by atoms with van der Waals surface area (Å²) in [5, 5.41) is 4.51. The Bertz CT molecular complexity index is 1160. The molecule has 6 nitrogen and oxygen atoms in total. The van der Waals surface area contributed by atoms with Crippen molar-refractivity contribution < 1.29 is 17.9 Å². The largest absolute Gasteiger partial charge is 0.573 e. The minimum Gasteiger partial charge on any atom is -0.406 e. The number of benzene rings is 1. The zero-order valence-electron chi connectivity index (χ0n) is 13.6. The first-order valence-corrected chi connectivity index (χ1v) is 7.80. The Morgan fingerprint density at radius 3 is 2.56 bits per heavy atom. The van der Waals surface area contributed by atoms with Gasteiger partial charge in [0.2, 0.25) is 5.56 Å². The molecule has 0 aliphatic carbocycles. The zero-order valence-corrected chi connectivity index (χ0v) is 13.6. The highest BCUT2D eigenvalue weighted by Gasteiger charge is 2.31. The van der Waals surface area contributed by atoms with Crippen LogP contribution in [0.3, 0.4) is 0 Å². The molecule has 0 aliphatic heterocycles. The van der Waals surface area contributed by atoms with Crippen LogP contribution in [-0.2, 0) is 0 Å². The van der Waals surface area contributed by atoms with Crippen molar-refractivity contribution in [2.45, 2.75) is 6.36 Å². The number of aromatic amines is 1. The van der Waals surface area contributed by atoms with E-state index in [9.17, 15) is 18.0 Å². The quantitative estimate of drug-likeness (QED) is 0.596. The van der Waals surface area contributed by atoms with E-state index in [-0.39, 0.29) is 11.3 Å². The number of nitrogens with zero attached hydrogens (tertiary/aromatic N) is 3. The molecule has 4 rings (SSSR count). The van der Waals surface area contributed by atoms with Crippen LogP contribution in [0.1, 0.15) is 0 Å². The zero-order chi connectivity index (χ0) is 19.0. The van der Waals surface area contributed by atoms with Gasteiger partial charge in [0.1, 0.15) is 17.0 Å². The summed E-state index contributed by atoms with van der Waals surface area (Å²) in [6, 6.07) is 11.9. The van der Waals surface area contributed by atoms with Gasteiger partial charge < -0.3 is 9.72 Å². The van der Waals surface area contributed by atoms with E-state index in [2.05, 4.69) is 19.8 Å². The van der Waals surface area contributed by atoms with Crippen molar-refractivity contribution >= 4 is 11.0 Å². The molecule has 0 atom stereocenters. The number of nitrogens with one attached hydrogen (secondary N) is 1. The smallest absolute Gasteiger partial charge is 0.406 e. The molecule has 0 amide bonds. The molecule has 0 spiro atoms. The van der Waals surface area contributed by atoms with E-state index in [0.29, 0.717) is 28.0 Å². The second-order valence-corrected chi connectivity index (χ2v) is 5.61. The first kappa shape index (κ1) is 16.8. The van der Waals surface area contributed by atoms with Gasteiger partial charge in [0.05, 0.1) is 11.2 Å². The number of aromatic nitrogens is 4. The molecule has 0 aliphatic rings. The number of pyridine rings is 2. The van der Waals surface area contributed by atoms with Gasteiger partial charge in [-0.15, -0.1) is 13.2 Å². The molecule has 27 heavy (non-hydrogen) atoms. The minimum atomic E-state index is -4.75. The lowest BCUT2D eigenvalue weighted by molar-refractivity contribution is -0.274. The lowest BCUT2D eigenvalue weighted by Gasteiger charge is -2.09. The van der Waals surface area contributed by atoms with Gasteiger partial charge in [-0.05, 0) is 42.5 Å². The topological polar surface area (TPSA) is 72.8 Å². The first-order chi connectivity index (χ1) is 12.9. The monoisotopic (exact) mass is 372 g/mol. The van der Waals surface area contributed by atoms with Crippen molar-refractivity contribution in [1.82, 2.24) is 19.7 Å². The number of halogens is 3. The Morgan fingerprint density at radius 2 is 1.85 bits per heavy atom. The fraction of sp³-hybridized carbons (Fsp3) is 0.0556. The maximum Gasteiger partial charge on any atom is 0.573 e. The van der Waals surface area contributed by atoms with E-state index in [4.69, 9.17) is 0 Å². The van der Waals surface area contributed by atoms with Gasteiger partial charge in [-0.3, -0.25) is 9.78 Å². The number of rotatable bonds is 3. The average Bonchev–Trinajstić information content (AvgIpc) is 3.01. The first-order valence-electron chi connectivity index (χ1n) is 7.80. The SMILES string of the molecule is O=c1cc(-c2nn(-c3ccc(OC(F)(F)F)cc3)c3cccnc23)cc[nH]1. The summed E-state index contributed by atoms with van der Waals surface area (Å²) in [4.78, 5) is 18.5. The van der Waals surface area contributed by atoms with Crippen LogP contribution in [0.4, 0.5) is 13.2 Å². The van der Waals surface area contributed by atoms with Crippen molar-refractivity contribution in [2.75, 3.05) is 0 Å². The van der Waals surface area contributed by atoms with Gasteiger partial charge in [0, 0.05) is 24.0 Å². The molecule has 3 heterocycles. The summed E-state index contributed by atoms with van der Waals surface area (Å²) >= 11 is 0. The minimum absolute atomic E-state index is 0.278. The van der Waals surface area contributed by atoms with Crippen LogP contribution in [0.15, 0.2) is 65.7 Å². The fourth-order valence-electron chi connectivity index (χ4n) is 2.72. The predicted molar refractivity (Wildman–Crippen MR) is 91.6 cm³/mol. The van der Waals surface area contributed by atoms with Crippen LogP contribution < -0.4 is 10.3 Å². The summed E-state index contributed by atoms with van der Waals surface area (Å²) in [7, 11) is 0. The molecular weight excluding hydrogens is 361 g/mol. The molecule has 1 N–H and O–H groups in total. The van der Waals surface area contributed by atoms with Gasteiger partial charge in [-0.2, -0.15) is 5.10 Å². The van der Waals surface area contributed by atoms with Crippen molar-refractivity contribution in [3.05, 3.63) is 71.3 Å². The van der Waals surface area contributed by atoms with E-state index in [1.807, 2.05) is 0 Å². The average molecular weight is 372 g/mol. The second-order valence-electron chi connectivity index (χ2n) is 5.61. The summed E-state index contributed by atoms with van der Waals surface area (Å²) in [6.45, 7) is 0. The van der Waals surface area contributed by atoms with E-state index < -0.39 is 6.36 Å². The molecule has 9 heteroatoms. The lowest BCUT2D eigenvalue weighted by atomic mass is 10.2. The molecule has 1 aromatic carbocycles. The molecular formula is C18H11F3N4O2. The van der Waals surface area contributed by atoms with Gasteiger partial charge in [-0.25, -0.2) is 4.68 Å². The predicted octanol–water partition coefficient (Wildman–Crippen LogP) is 3.67. The third kappa shape index (κ3) is 3.39. The number of H-pyrrole nitrogens is 1. The Kier molecular flexibility index (Phi) is 3.91. The highest BCUT2D eigenvalue weighted by Crippen LogP contribution is 2.29. The molecule has 0 fully saturated rings. The van der Waals surface area contributed by atoms with Gasteiger partial charge >= 0.3 is 6.36 Å². The van der Waals surface area contributed by atoms with E-state index >= 15 is 0 Å².